The maximum absolute atomic E-state index is 12.4. The third-order valence-corrected chi connectivity index (χ3v) is 5.30. The van der Waals surface area contributed by atoms with Gasteiger partial charge in [-0.15, -0.1) is 0 Å². The number of hydrogen-bond acceptors (Lipinski definition) is 6. The Kier molecular flexibility index (Phi) is 6.76. The lowest BCUT2D eigenvalue weighted by atomic mass is 9.78. The van der Waals surface area contributed by atoms with E-state index in [1.807, 2.05) is 0 Å². The van der Waals surface area contributed by atoms with Crippen LogP contribution in [0.3, 0.4) is 0 Å². The number of benzene rings is 1. The van der Waals surface area contributed by atoms with Crippen molar-refractivity contribution in [3.8, 4) is 5.75 Å². The number of nitro benzene ring substituents is 1. The molecule has 1 aliphatic carbocycles. The Bertz CT molecular complexity index is 720. The summed E-state index contributed by atoms with van der Waals surface area (Å²) in [6, 6.07) is 3.69. The van der Waals surface area contributed by atoms with Crippen LogP contribution in [0.2, 0.25) is 0 Å². The third-order valence-electron chi connectivity index (χ3n) is 5.30. The summed E-state index contributed by atoms with van der Waals surface area (Å²) in [6.45, 7) is 5.76. The van der Waals surface area contributed by atoms with Crippen molar-refractivity contribution in [3.05, 3.63) is 33.9 Å². The minimum absolute atomic E-state index is 0.0507. The summed E-state index contributed by atoms with van der Waals surface area (Å²) in [6.07, 6.45) is 2.07. The van der Waals surface area contributed by atoms with E-state index < -0.39 is 17.0 Å². The fourth-order valence-corrected chi connectivity index (χ4v) is 3.33. The van der Waals surface area contributed by atoms with Crippen LogP contribution in [0.15, 0.2) is 18.2 Å². The van der Waals surface area contributed by atoms with Crippen LogP contribution in [0, 0.1) is 22.0 Å². The molecule has 4 atom stereocenters. The van der Waals surface area contributed by atoms with Crippen molar-refractivity contribution in [2.24, 2.45) is 11.8 Å². The molecule has 0 aliphatic heterocycles. The van der Waals surface area contributed by atoms with E-state index in [0.717, 1.165) is 25.3 Å². The fraction of sp³-hybridized carbons (Fsp3) is 0.579. The monoisotopic (exact) mass is 378 g/mol. The summed E-state index contributed by atoms with van der Waals surface area (Å²) >= 11 is 0. The van der Waals surface area contributed by atoms with Crippen LogP contribution in [0.25, 0.3) is 0 Å². The van der Waals surface area contributed by atoms with Gasteiger partial charge in [0.1, 0.15) is 11.3 Å². The fourth-order valence-electron chi connectivity index (χ4n) is 3.33. The number of carbonyl (C=O) groups is 2. The molecule has 1 aromatic carbocycles. The van der Waals surface area contributed by atoms with Crippen molar-refractivity contribution in [2.75, 3.05) is 7.11 Å². The molecule has 8 heteroatoms. The quantitative estimate of drug-likeness (QED) is 0.463. The van der Waals surface area contributed by atoms with E-state index >= 15 is 0 Å². The second-order valence-electron chi connectivity index (χ2n) is 7.07. The molecule has 8 nitrogen and oxygen atoms in total. The predicted molar refractivity (Wildman–Crippen MR) is 98.6 cm³/mol. The molecule has 2 rings (SSSR count). The van der Waals surface area contributed by atoms with E-state index in [1.165, 1.54) is 26.2 Å². The Morgan fingerprint density at radius 3 is 2.63 bits per heavy atom. The van der Waals surface area contributed by atoms with Gasteiger partial charge in [0.05, 0.1) is 12.0 Å². The summed E-state index contributed by atoms with van der Waals surface area (Å²) in [5, 5.41) is 13.9. The molecule has 0 aromatic heterocycles. The van der Waals surface area contributed by atoms with Crippen LogP contribution in [0.1, 0.15) is 50.4 Å². The summed E-state index contributed by atoms with van der Waals surface area (Å²) < 4.78 is 10.3. The molecule has 1 aromatic rings. The van der Waals surface area contributed by atoms with Crippen molar-refractivity contribution < 1.29 is 24.0 Å². The maximum Gasteiger partial charge on any atom is 0.342 e. The van der Waals surface area contributed by atoms with Gasteiger partial charge in [0, 0.05) is 18.2 Å². The highest BCUT2D eigenvalue weighted by atomic mass is 16.6. The molecular weight excluding hydrogens is 352 g/mol. The van der Waals surface area contributed by atoms with E-state index in [1.54, 1.807) is 0 Å². The lowest BCUT2D eigenvalue weighted by molar-refractivity contribution is -0.384. The van der Waals surface area contributed by atoms with E-state index in [9.17, 15) is 19.7 Å². The zero-order chi connectivity index (χ0) is 20.1. The topological polar surface area (TPSA) is 108 Å². The number of esters is 1. The maximum atomic E-state index is 12.4. The first kappa shape index (κ1) is 20.7. The van der Waals surface area contributed by atoms with Gasteiger partial charge in [-0.05, 0) is 31.2 Å². The van der Waals surface area contributed by atoms with Gasteiger partial charge in [0.25, 0.3) is 11.6 Å². The molecule has 1 aliphatic rings. The molecule has 0 unspecified atom stereocenters. The molecular formula is C19H26N2O6. The molecule has 0 heterocycles. The predicted octanol–water partition coefficient (Wildman–Crippen LogP) is 3.09. The molecule has 1 saturated carbocycles. The number of nitrogens with zero attached hydrogens (tertiary/aromatic N) is 1. The molecule has 27 heavy (non-hydrogen) atoms. The molecule has 148 valence electrons. The van der Waals surface area contributed by atoms with Gasteiger partial charge < -0.3 is 14.8 Å². The SMILES string of the molecule is COc1ccc([N+](=O)[O-])cc1C(=O)O[C@H](C)C(=O)N[C@@H]1CCC[C@@H](C)[C@H]1C. The Balaban J connectivity index is 2.05. The van der Waals surface area contributed by atoms with Crippen LogP contribution in [-0.2, 0) is 9.53 Å². The lowest BCUT2D eigenvalue weighted by Crippen LogP contribution is -2.47. The minimum Gasteiger partial charge on any atom is -0.496 e. The van der Waals surface area contributed by atoms with E-state index in [4.69, 9.17) is 9.47 Å². The number of rotatable bonds is 6. The number of hydrogen-bond donors (Lipinski definition) is 1. The van der Waals surface area contributed by atoms with Gasteiger partial charge in [0.2, 0.25) is 0 Å². The molecule has 0 spiro atoms. The van der Waals surface area contributed by atoms with Crippen LogP contribution in [0.4, 0.5) is 5.69 Å². The van der Waals surface area contributed by atoms with Gasteiger partial charge in [-0.3, -0.25) is 14.9 Å². The molecule has 1 amide bonds. The lowest BCUT2D eigenvalue weighted by Gasteiger charge is -2.35. The number of ether oxygens (including phenoxy) is 2. The van der Waals surface area contributed by atoms with E-state index in [0.29, 0.717) is 11.8 Å². The van der Waals surface area contributed by atoms with E-state index in [2.05, 4.69) is 19.2 Å². The number of amides is 1. The highest BCUT2D eigenvalue weighted by Gasteiger charge is 2.30. The van der Waals surface area contributed by atoms with Gasteiger partial charge in [-0.1, -0.05) is 26.7 Å². The Labute approximate surface area is 158 Å². The summed E-state index contributed by atoms with van der Waals surface area (Å²) in [5.41, 5.74) is -0.351. The van der Waals surface area contributed by atoms with Crippen molar-refractivity contribution in [2.45, 2.75) is 52.2 Å². The second kappa shape index (κ2) is 8.83. The summed E-state index contributed by atoms with van der Waals surface area (Å²) in [7, 11) is 1.35. The Morgan fingerprint density at radius 2 is 2.00 bits per heavy atom. The van der Waals surface area contributed by atoms with Gasteiger partial charge >= 0.3 is 5.97 Å². The van der Waals surface area contributed by atoms with Crippen molar-refractivity contribution in [1.82, 2.24) is 5.32 Å². The Hall–Kier alpha value is -2.64. The Morgan fingerprint density at radius 1 is 1.30 bits per heavy atom. The number of methoxy groups -OCH3 is 1. The van der Waals surface area contributed by atoms with Crippen molar-refractivity contribution in [1.29, 1.82) is 0 Å². The smallest absolute Gasteiger partial charge is 0.342 e. The average molecular weight is 378 g/mol. The first-order valence-corrected chi connectivity index (χ1v) is 9.08. The highest BCUT2D eigenvalue weighted by Crippen LogP contribution is 2.29. The first-order valence-electron chi connectivity index (χ1n) is 9.08. The second-order valence-corrected chi connectivity index (χ2v) is 7.07. The van der Waals surface area contributed by atoms with Gasteiger partial charge in [-0.25, -0.2) is 4.79 Å². The van der Waals surface area contributed by atoms with Crippen LogP contribution >= 0.6 is 0 Å². The summed E-state index contributed by atoms with van der Waals surface area (Å²) in [4.78, 5) is 35.2. The van der Waals surface area contributed by atoms with Crippen LogP contribution < -0.4 is 10.1 Å². The van der Waals surface area contributed by atoms with Crippen molar-refractivity contribution in [3.63, 3.8) is 0 Å². The van der Waals surface area contributed by atoms with Crippen LogP contribution in [-0.4, -0.2) is 36.1 Å². The third kappa shape index (κ3) is 4.96. The molecule has 0 radical (unpaired) electrons. The van der Waals surface area contributed by atoms with E-state index in [-0.39, 0.29) is 28.9 Å². The largest absolute Gasteiger partial charge is 0.496 e. The molecule has 1 N–H and O–H groups in total. The van der Waals surface area contributed by atoms with Crippen molar-refractivity contribution >= 4 is 17.6 Å². The number of nitro groups is 1. The zero-order valence-corrected chi connectivity index (χ0v) is 16.1. The number of non-ortho nitro benzene ring substituents is 1. The highest BCUT2D eigenvalue weighted by molar-refractivity contribution is 5.95. The first-order chi connectivity index (χ1) is 12.7. The summed E-state index contributed by atoms with van der Waals surface area (Å²) in [5.74, 6) is -0.201. The van der Waals surface area contributed by atoms with Gasteiger partial charge in [0.15, 0.2) is 6.10 Å². The number of carbonyl (C=O) groups excluding carboxylic acids is 2. The standard InChI is InChI=1S/C19H26N2O6/c1-11-6-5-7-16(12(11)2)20-18(22)13(3)27-19(23)15-10-14(21(24)25)8-9-17(15)26-4/h8-13,16H,5-7H2,1-4H3,(H,20,22)/t11-,12-,13-,16-/m1/s1. The minimum atomic E-state index is -1.02. The normalized spacial score (nSPS) is 23.2. The van der Waals surface area contributed by atoms with Gasteiger partial charge in [-0.2, -0.15) is 0 Å². The molecule has 0 bridgehead atoms. The molecule has 0 saturated heterocycles. The van der Waals surface area contributed by atoms with Crippen LogP contribution in [0.5, 0.6) is 5.75 Å². The molecule has 1 fully saturated rings. The number of nitrogens with one attached hydrogen (secondary N) is 1. The zero-order valence-electron chi connectivity index (χ0n) is 16.1. The average Bonchev–Trinajstić information content (AvgIpc) is 2.64.